The first-order valence-electron chi connectivity index (χ1n) is 18.1. The van der Waals surface area contributed by atoms with Gasteiger partial charge < -0.3 is 14.4 Å². The number of hydrogen-bond donors (Lipinski definition) is 0. The van der Waals surface area contributed by atoms with Gasteiger partial charge in [-0.15, -0.1) is 0 Å². The molecule has 3 heteroatoms. The number of fused-ring (bicyclic) bond motifs is 5. The second-order valence-electron chi connectivity index (χ2n) is 13.5. The van der Waals surface area contributed by atoms with E-state index in [1.165, 1.54) is 32.3 Å². The van der Waals surface area contributed by atoms with E-state index in [-0.39, 0.29) is 0 Å². The first kappa shape index (κ1) is 30.7. The molecule has 0 saturated heterocycles. The van der Waals surface area contributed by atoms with Gasteiger partial charge in [-0.05, 0) is 100 Å². The van der Waals surface area contributed by atoms with Gasteiger partial charge in [0.15, 0.2) is 0 Å². The van der Waals surface area contributed by atoms with Crippen molar-refractivity contribution in [3.05, 3.63) is 212 Å². The summed E-state index contributed by atoms with van der Waals surface area (Å²) < 4.78 is 2.43. The number of para-hydroxylation sites is 4. The molecule has 0 bridgehead atoms. The smallest absolute Gasteiger partial charge is 0.0783 e. The Balaban J connectivity index is 1.35. The summed E-state index contributed by atoms with van der Waals surface area (Å²) in [4.78, 5) is 4.83. The maximum atomic E-state index is 2.43. The molecule has 0 amide bonds. The number of benzene rings is 9. The predicted octanol–water partition coefficient (Wildman–Crippen LogP) is 14.0. The minimum atomic E-state index is 1.08. The average molecular weight is 678 g/mol. The summed E-state index contributed by atoms with van der Waals surface area (Å²) >= 11 is 0. The molecule has 3 nitrogen and oxygen atoms in total. The van der Waals surface area contributed by atoms with E-state index in [2.05, 4.69) is 227 Å². The van der Waals surface area contributed by atoms with E-state index in [1.807, 2.05) is 0 Å². The zero-order valence-electron chi connectivity index (χ0n) is 29.0. The van der Waals surface area contributed by atoms with Crippen LogP contribution in [-0.2, 0) is 0 Å². The van der Waals surface area contributed by atoms with Crippen LogP contribution in [0.3, 0.4) is 0 Å². The fourth-order valence-corrected chi connectivity index (χ4v) is 7.87. The second kappa shape index (κ2) is 12.9. The maximum Gasteiger partial charge on any atom is 0.0783 e. The number of hydrogen-bond acceptors (Lipinski definition) is 2. The highest BCUT2D eigenvalue weighted by molar-refractivity contribution is 6.16. The normalized spacial score (nSPS) is 11.4. The lowest BCUT2D eigenvalue weighted by atomic mass is 10.0. The second-order valence-corrected chi connectivity index (χ2v) is 13.5. The molecule has 0 aliphatic heterocycles. The Kier molecular flexibility index (Phi) is 7.47. The summed E-state index contributed by atoms with van der Waals surface area (Å²) in [5.41, 5.74) is 9.96. The fourth-order valence-electron chi connectivity index (χ4n) is 7.87. The third kappa shape index (κ3) is 5.38. The zero-order chi connectivity index (χ0) is 35.1. The topological polar surface area (TPSA) is 11.4 Å². The van der Waals surface area contributed by atoms with Gasteiger partial charge in [-0.25, -0.2) is 0 Å². The van der Waals surface area contributed by atoms with Gasteiger partial charge in [-0.3, -0.25) is 0 Å². The Morgan fingerprint density at radius 2 is 0.792 bits per heavy atom. The van der Waals surface area contributed by atoms with Gasteiger partial charge in [-0.2, -0.15) is 0 Å². The number of aromatic nitrogens is 1. The Hall–Kier alpha value is -7.10. The molecule has 53 heavy (non-hydrogen) atoms. The van der Waals surface area contributed by atoms with Crippen molar-refractivity contribution in [2.24, 2.45) is 0 Å². The summed E-state index contributed by atoms with van der Waals surface area (Å²) in [7, 11) is 0. The Labute approximate surface area is 308 Å². The zero-order valence-corrected chi connectivity index (χ0v) is 29.0. The number of rotatable bonds is 7. The lowest BCUT2D eigenvalue weighted by Crippen LogP contribution is -2.14. The quantitative estimate of drug-likeness (QED) is 0.166. The van der Waals surface area contributed by atoms with Crippen molar-refractivity contribution < 1.29 is 0 Å². The van der Waals surface area contributed by atoms with Crippen molar-refractivity contribution in [3.8, 4) is 5.69 Å². The predicted molar refractivity (Wildman–Crippen MR) is 225 cm³/mol. The first-order chi connectivity index (χ1) is 26.3. The molecule has 0 fully saturated rings. The lowest BCUT2D eigenvalue weighted by molar-refractivity contribution is 1.16. The summed E-state index contributed by atoms with van der Waals surface area (Å²) in [5.74, 6) is 0. The van der Waals surface area contributed by atoms with E-state index in [1.54, 1.807) is 0 Å². The SMILES string of the molecule is c1ccc(N(c2ccc3ccccc3c2)c2cc(N(c3ccccc3)c3ccc4ccccc4c3)c3c(c2)c2ccccc2n3-c2ccccc2)cc1. The third-order valence-corrected chi connectivity index (χ3v) is 10.3. The van der Waals surface area contributed by atoms with Crippen LogP contribution in [-0.4, -0.2) is 4.57 Å². The van der Waals surface area contributed by atoms with Gasteiger partial charge >= 0.3 is 0 Å². The Morgan fingerprint density at radius 3 is 1.42 bits per heavy atom. The summed E-state index contributed by atoms with van der Waals surface area (Å²) in [6.45, 7) is 0. The van der Waals surface area contributed by atoms with Crippen LogP contribution in [0, 0.1) is 0 Å². The summed E-state index contributed by atoms with van der Waals surface area (Å²) in [5, 5.41) is 7.22. The first-order valence-corrected chi connectivity index (χ1v) is 18.1. The Bertz CT molecular complexity index is 2900. The van der Waals surface area contributed by atoms with Gasteiger partial charge in [0.05, 0.1) is 16.7 Å². The highest BCUT2D eigenvalue weighted by Crippen LogP contribution is 2.48. The van der Waals surface area contributed by atoms with E-state index >= 15 is 0 Å². The van der Waals surface area contributed by atoms with Crippen LogP contribution in [0.5, 0.6) is 0 Å². The van der Waals surface area contributed by atoms with Crippen molar-refractivity contribution in [2.75, 3.05) is 9.80 Å². The van der Waals surface area contributed by atoms with Gasteiger partial charge in [0.25, 0.3) is 0 Å². The molecule has 250 valence electrons. The molecule has 10 rings (SSSR count). The Morgan fingerprint density at radius 1 is 0.302 bits per heavy atom. The molecule has 0 N–H and O–H groups in total. The largest absolute Gasteiger partial charge is 0.310 e. The molecule has 0 spiro atoms. The van der Waals surface area contributed by atoms with Gasteiger partial charge in [0.1, 0.15) is 0 Å². The molecule has 0 aliphatic carbocycles. The highest BCUT2D eigenvalue weighted by Gasteiger charge is 2.25. The van der Waals surface area contributed by atoms with Crippen molar-refractivity contribution >= 4 is 77.5 Å². The summed E-state index contributed by atoms with van der Waals surface area (Å²) in [6, 6.07) is 76.6. The maximum absolute atomic E-state index is 2.43. The molecule has 10 aromatic rings. The van der Waals surface area contributed by atoms with E-state index < -0.39 is 0 Å². The average Bonchev–Trinajstić information content (AvgIpc) is 3.56. The van der Waals surface area contributed by atoms with Crippen molar-refractivity contribution in [1.29, 1.82) is 0 Å². The van der Waals surface area contributed by atoms with Crippen LogP contribution < -0.4 is 9.80 Å². The van der Waals surface area contributed by atoms with Crippen LogP contribution in [0.4, 0.5) is 34.1 Å². The molecule has 0 radical (unpaired) electrons. The van der Waals surface area contributed by atoms with Crippen LogP contribution in [0.1, 0.15) is 0 Å². The molecule has 0 atom stereocenters. The number of anilines is 6. The van der Waals surface area contributed by atoms with E-state index in [9.17, 15) is 0 Å². The molecule has 0 unspecified atom stereocenters. The van der Waals surface area contributed by atoms with E-state index in [0.29, 0.717) is 0 Å². The molecular weight excluding hydrogens is 643 g/mol. The minimum absolute atomic E-state index is 1.08. The van der Waals surface area contributed by atoms with Crippen LogP contribution in [0.15, 0.2) is 212 Å². The van der Waals surface area contributed by atoms with Crippen LogP contribution in [0.2, 0.25) is 0 Å². The molecule has 0 saturated carbocycles. The van der Waals surface area contributed by atoms with Crippen molar-refractivity contribution in [3.63, 3.8) is 0 Å². The molecule has 0 aliphatic rings. The van der Waals surface area contributed by atoms with Gasteiger partial charge in [-0.1, -0.05) is 133 Å². The standard InChI is InChI=1S/C50H35N3/c1-4-20-40(21-5-1)51(43-30-28-36-16-10-12-18-38(36)32-43)45-34-47-46-26-14-15-27-48(46)53(42-24-8-3-9-25-42)50(47)49(35-45)52(41-22-6-2-7-23-41)44-31-29-37-17-11-13-19-39(37)33-44/h1-35H. The van der Waals surface area contributed by atoms with E-state index in [0.717, 1.165) is 50.8 Å². The summed E-state index contributed by atoms with van der Waals surface area (Å²) in [6.07, 6.45) is 0. The van der Waals surface area contributed by atoms with Crippen LogP contribution >= 0.6 is 0 Å². The molecular formula is C50H35N3. The van der Waals surface area contributed by atoms with Crippen LogP contribution in [0.25, 0.3) is 49.0 Å². The minimum Gasteiger partial charge on any atom is -0.310 e. The number of nitrogens with zero attached hydrogens (tertiary/aromatic N) is 3. The van der Waals surface area contributed by atoms with Gasteiger partial charge in [0, 0.05) is 44.9 Å². The monoisotopic (exact) mass is 677 g/mol. The third-order valence-electron chi connectivity index (χ3n) is 10.3. The van der Waals surface area contributed by atoms with Gasteiger partial charge in [0.2, 0.25) is 0 Å². The van der Waals surface area contributed by atoms with Crippen molar-refractivity contribution in [1.82, 2.24) is 4.57 Å². The van der Waals surface area contributed by atoms with Crippen molar-refractivity contribution in [2.45, 2.75) is 0 Å². The lowest BCUT2D eigenvalue weighted by Gasteiger charge is -2.31. The molecule has 1 heterocycles. The highest BCUT2D eigenvalue weighted by atomic mass is 15.2. The van der Waals surface area contributed by atoms with E-state index in [4.69, 9.17) is 0 Å². The fraction of sp³-hybridized carbons (Fsp3) is 0. The molecule has 9 aromatic carbocycles. The molecule has 1 aromatic heterocycles.